The van der Waals surface area contributed by atoms with Gasteiger partial charge in [0.25, 0.3) is 0 Å². The minimum Gasteiger partial charge on any atom is -0.489 e. The van der Waals surface area contributed by atoms with E-state index in [-0.39, 0.29) is 11.8 Å². The van der Waals surface area contributed by atoms with Gasteiger partial charge in [0.2, 0.25) is 5.82 Å². The molecule has 0 radical (unpaired) electrons. The highest BCUT2D eigenvalue weighted by molar-refractivity contribution is 9.10. The predicted molar refractivity (Wildman–Crippen MR) is 60.6 cm³/mol. The number of rotatable bonds is 3. The summed E-state index contributed by atoms with van der Waals surface area (Å²) in [5, 5.41) is 3.22. The van der Waals surface area contributed by atoms with Crippen LogP contribution in [0.3, 0.4) is 0 Å². The Bertz CT molecular complexity index is 380. The van der Waals surface area contributed by atoms with Gasteiger partial charge in [0.1, 0.15) is 6.61 Å². The first-order valence-electron chi connectivity index (χ1n) is 5.17. The average Bonchev–Trinajstić information content (AvgIpc) is 2.74. The zero-order chi connectivity index (χ0) is 11.5. The topological polar surface area (TPSA) is 21.3 Å². The fourth-order valence-corrected chi connectivity index (χ4v) is 2.14. The summed E-state index contributed by atoms with van der Waals surface area (Å²) in [6.45, 7) is 1.33. The molecule has 1 aromatic rings. The highest BCUT2D eigenvalue weighted by Gasteiger charge is 2.17. The van der Waals surface area contributed by atoms with Gasteiger partial charge in [0, 0.05) is 10.5 Å². The van der Waals surface area contributed by atoms with E-state index in [4.69, 9.17) is 4.74 Å². The zero-order valence-electron chi connectivity index (χ0n) is 8.60. The van der Waals surface area contributed by atoms with Crippen molar-refractivity contribution in [3.63, 3.8) is 0 Å². The van der Waals surface area contributed by atoms with Crippen LogP contribution in [-0.2, 0) is 0 Å². The molecule has 0 aliphatic carbocycles. The highest BCUT2D eigenvalue weighted by atomic mass is 79.9. The molecule has 0 amide bonds. The van der Waals surface area contributed by atoms with Crippen molar-refractivity contribution in [3.05, 3.63) is 28.2 Å². The van der Waals surface area contributed by atoms with Gasteiger partial charge in [-0.3, -0.25) is 0 Å². The maximum absolute atomic E-state index is 13.3. The Labute approximate surface area is 101 Å². The fraction of sp³-hybridized carbons (Fsp3) is 0.455. The van der Waals surface area contributed by atoms with Crippen molar-refractivity contribution in [1.29, 1.82) is 0 Å². The molecule has 1 unspecified atom stereocenters. The largest absolute Gasteiger partial charge is 0.489 e. The van der Waals surface area contributed by atoms with Gasteiger partial charge in [0.15, 0.2) is 11.6 Å². The summed E-state index contributed by atoms with van der Waals surface area (Å²) < 4.78 is 32.1. The normalized spacial score (nSPS) is 20.1. The standard InChI is InChI=1S/C11H12BrF2NO/c12-7-4-9(13)11(14)10(5-7)16-6-8-2-1-3-15-8/h4-5,8,15H,1-3,6H2. The molecule has 0 bridgehead atoms. The molecule has 0 aromatic heterocycles. The first-order valence-corrected chi connectivity index (χ1v) is 5.97. The quantitative estimate of drug-likeness (QED) is 0.865. The van der Waals surface area contributed by atoms with Gasteiger partial charge in [-0.1, -0.05) is 15.9 Å². The molecular weight excluding hydrogens is 280 g/mol. The van der Waals surface area contributed by atoms with Crippen LogP contribution in [0.15, 0.2) is 16.6 Å². The van der Waals surface area contributed by atoms with E-state index in [1.54, 1.807) is 0 Å². The van der Waals surface area contributed by atoms with Crippen molar-refractivity contribution in [3.8, 4) is 5.75 Å². The Morgan fingerprint density at radius 3 is 2.94 bits per heavy atom. The fourth-order valence-electron chi connectivity index (χ4n) is 1.73. The van der Waals surface area contributed by atoms with E-state index >= 15 is 0 Å². The lowest BCUT2D eigenvalue weighted by atomic mass is 10.2. The van der Waals surface area contributed by atoms with Crippen molar-refractivity contribution in [2.75, 3.05) is 13.2 Å². The van der Waals surface area contributed by atoms with Gasteiger partial charge < -0.3 is 10.1 Å². The minimum absolute atomic E-state index is 0.0411. The van der Waals surface area contributed by atoms with E-state index in [0.717, 1.165) is 25.5 Å². The molecule has 1 aliphatic rings. The van der Waals surface area contributed by atoms with Gasteiger partial charge in [-0.2, -0.15) is 4.39 Å². The molecule has 1 N–H and O–H groups in total. The first kappa shape index (κ1) is 11.8. The van der Waals surface area contributed by atoms with Crippen LogP contribution in [0.4, 0.5) is 8.78 Å². The Kier molecular flexibility index (Phi) is 3.76. The summed E-state index contributed by atoms with van der Waals surface area (Å²) in [5.74, 6) is -1.87. The van der Waals surface area contributed by atoms with Crippen LogP contribution in [0.25, 0.3) is 0 Å². The number of halogens is 3. The summed E-state index contributed by atoms with van der Waals surface area (Å²) in [5.41, 5.74) is 0. The lowest BCUT2D eigenvalue weighted by Gasteiger charge is -2.13. The molecule has 1 fully saturated rings. The number of benzene rings is 1. The van der Waals surface area contributed by atoms with Crippen LogP contribution < -0.4 is 10.1 Å². The van der Waals surface area contributed by atoms with Gasteiger partial charge >= 0.3 is 0 Å². The summed E-state index contributed by atoms with van der Waals surface area (Å²) in [6.07, 6.45) is 2.11. The number of hydrogen-bond acceptors (Lipinski definition) is 2. The van der Waals surface area contributed by atoms with Gasteiger partial charge in [0.05, 0.1) is 0 Å². The molecular formula is C11H12BrF2NO. The minimum atomic E-state index is -0.929. The Morgan fingerprint density at radius 2 is 2.25 bits per heavy atom. The van der Waals surface area contributed by atoms with E-state index < -0.39 is 11.6 Å². The third-order valence-electron chi connectivity index (χ3n) is 2.56. The zero-order valence-corrected chi connectivity index (χ0v) is 10.2. The van der Waals surface area contributed by atoms with Crippen molar-refractivity contribution >= 4 is 15.9 Å². The molecule has 5 heteroatoms. The molecule has 16 heavy (non-hydrogen) atoms. The first-order chi connectivity index (χ1) is 7.66. The Hall–Kier alpha value is -0.680. The smallest absolute Gasteiger partial charge is 0.200 e. The van der Waals surface area contributed by atoms with E-state index in [1.807, 2.05) is 0 Å². The van der Waals surface area contributed by atoms with E-state index in [9.17, 15) is 8.78 Å². The van der Waals surface area contributed by atoms with Crippen molar-refractivity contribution in [2.24, 2.45) is 0 Å². The number of ether oxygens (including phenoxy) is 1. The molecule has 88 valence electrons. The second-order valence-corrected chi connectivity index (χ2v) is 4.72. The van der Waals surface area contributed by atoms with Crippen LogP contribution in [0.2, 0.25) is 0 Å². The predicted octanol–water partition coefficient (Wildman–Crippen LogP) is 2.86. The molecule has 2 rings (SSSR count). The number of nitrogens with one attached hydrogen (secondary N) is 1. The summed E-state index contributed by atoms with van der Waals surface area (Å²) in [6, 6.07) is 2.75. The monoisotopic (exact) mass is 291 g/mol. The molecule has 1 aliphatic heterocycles. The molecule has 1 saturated heterocycles. The molecule has 1 atom stereocenters. The van der Waals surface area contributed by atoms with Crippen molar-refractivity contribution < 1.29 is 13.5 Å². The SMILES string of the molecule is Fc1cc(Br)cc(OCC2CCCN2)c1F. The maximum Gasteiger partial charge on any atom is 0.200 e. The van der Waals surface area contributed by atoms with Gasteiger partial charge in [-0.05, 0) is 31.5 Å². The summed E-state index contributed by atoms with van der Waals surface area (Å²) in [4.78, 5) is 0. The molecule has 2 nitrogen and oxygen atoms in total. The van der Waals surface area contributed by atoms with Crippen LogP contribution in [0.5, 0.6) is 5.75 Å². The molecule has 1 heterocycles. The van der Waals surface area contributed by atoms with Crippen LogP contribution in [-0.4, -0.2) is 19.2 Å². The van der Waals surface area contributed by atoms with Crippen LogP contribution in [0, 0.1) is 11.6 Å². The van der Waals surface area contributed by atoms with Gasteiger partial charge in [-0.25, -0.2) is 4.39 Å². The van der Waals surface area contributed by atoms with Crippen LogP contribution in [0.1, 0.15) is 12.8 Å². The van der Waals surface area contributed by atoms with Crippen LogP contribution >= 0.6 is 15.9 Å². The van der Waals surface area contributed by atoms with Crippen molar-refractivity contribution in [2.45, 2.75) is 18.9 Å². The number of hydrogen-bond donors (Lipinski definition) is 1. The third kappa shape index (κ3) is 2.71. The average molecular weight is 292 g/mol. The molecule has 0 saturated carbocycles. The summed E-state index contributed by atoms with van der Waals surface area (Å²) in [7, 11) is 0. The Morgan fingerprint density at radius 1 is 1.44 bits per heavy atom. The van der Waals surface area contributed by atoms with E-state index in [0.29, 0.717) is 11.1 Å². The Balaban J connectivity index is 2.02. The maximum atomic E-state index is 13.3. The summed E-state index contributed by atoms with van der Waals surface area (Å²) >= 11 is 3.10. The van der Waals surface area contributed by atoms with E-state index in [2.05, 4.69) is 21.2 Å². The molecule has 0 spiro atoms. The third-order valence-corrected chi connectivity index (χ3v) is 3.02. The van der Waals surface area contributed by atoms with Crippen molar-refractivity contribution in [1.82, 2.24) is 5.32 Å². The lowest BCUT2D eigenvalue weighted by Crippen LogP contribution is -2.28. The van der Waals surface area contributed by atoms with E-state index in [1.165, 1.54) is 6.07 Å². The highest BCUT2D eigenvalue weighted by Crippen LogP contribution is 2.25. The molecule has 1 aromatic carbocycles. The van der Waals surface area contributed by atoms with Gasteiger partial charge in [-0.15, -0.1) is 0 Å². The lowest BCUT2D eigenvalue weighted by molar-refractivity contribution is 0.261. The second-order valence-electron chi connectivity index (χ2n) is 3.80. The second kappa shape index (κ2) is 5.10.